The van der Waals surface area contributed by atoms with Gasteiger partial charge in [-0.3, -0.25) is 9.69 Å². The maximum atomic E-state index is 11.5. The summed E-state index contributed by atoms with van der Waals surface area (Å²) in [5.41, 5.74) is 5.57. The van der Waals surface area contributed by atoms with Crippen molar-refractivity contribution in [3.05, 3.63) is 0 Å². The van der Waals surface area contributed by atoms with Crippen molar-refractivity contribution in [3.8, 4) is 0 Å². The van der Waals surface area contributed by atoms with Crippen LogP contribution in [0.3, 0.4) is 0 Å². The topological polar surface area (TPSA) is 105 Å². The molecule has 1 heterocycles. The second kappa shape index (κ2) is 8.76. The van der Waals surface area contributed by atoms with E-state index in [9.17, 15) is 9.59 Å². The number of hydrogen-bond donors (Lipinski definition) is 3. The molecule has 0 saturated carbocycles. The van der Waals surface area contributed by atoms with Crippen molar-refractivity contribution in [2.45, 2.75) is 32.2 Å². The Morgan fingerprint density at radius 2 is 2.20 bits per heavy atom. The number of nitrogens with one attached hydrogen (secondary N) is 1. The fourth-order valence-corrected chi connectivity index (χ4v) is 2.65. The molecule has 0 aromatic rings. The first-order valence-corrected chi connectivity index (χ1v) is 7.12. The third-order valence-corrected chi connectivity index (χ3v) is 3.42. The van der Waals surface area contributed by atoms with E-state index in [4.69, 9.17) is 15.6 Å². The first-order chi connectivity index (χ1) is 9.55. The predicted octanol–water partition coefficient (Wildman–Crippen LogP) is 0.247. The standard InChI is InChI=1S/C13H25N3O4/c1-2-20-13(19)15-11-7-10(3-4-12(17)18)8-16(9-11)6-5-14/h10-11H,2-9,14H2,1H3,(H,15,19)(H,17,18). The molecule has 2 atom stereocenters. The van der Waals surface area contributed by atoms with E-state index in [1.54, 1.807) is 6.92 Å². The van der Waals surface area contributed by atoms with Crippen LogP contribution in [0.4, 0.5) is 4.79 Å². The van der Waals surface area contributed by atoms with Crippen LogP contribution in [0.5, 0.6) is 0 Å². The lowest BCUT2D eigenvalue weighted by Crippen LogP contribution is -2.52. The average molecular weight is 287 g/mol. The molecular formula is C13H25N3O4. The molecule has 1 amide bonds. The van der Waals surface area contributed by atoms with Crippen molar-refractivity contribution in [3.63, 3.8) is 0 Å². The molecule has 1 aliphatic heterocycles. The largest absolute Gasteiger partial charge is 0.481 e. The van der Waals surface area contributed by atoms with Gasteiger partial charge >= 0.3 is 12.1 Å². The summed E-state index contributed by atoms with van der Waals surface area (Å²) in [6.07, 6.45) is 1.15. The normalized spacial score (nSPS) is 23.3. The van der Waals surface area contributed by atoms with Gasteiger partial charge in [0.05, 0.1) is 6.61 Å². The van der Waals surface area contributed by atoms with Crippen LogP contribution in [0.2, 0.25) is 0 Å². The smallest absolute Gasteiger partial charge is 0.407 e. The lowest BCUT2D eigenvalue weighted by Gasteiger charge is -2.37. The van der Waals surface area contributed by atoms with Crippen LogP contribution in [0.25, 0.3) is 0 Å². The van der Waals surface area contributed by atoms with Crippen molar-refractivity contribution in [2.24, 2.45) is 11.7 Å². The van der Waals surface area contributed by atoms with Crippen molar-refractivity contribution in [1.29, 1.82) is 0 Å². The van der Waals surface area contributed by atoms with Gasteiger partial charge in [0.1, 0.15) is 0 Å². The summed E-state index contributed by atoms with van der Waals surface area (Å²) in [6, 6.07) is -0.00635. The third kappa shape index (κ3) is 6.21. The van der Waals surface area contributed by atoms with E-state index in [2.05, 4.69) is 10.2 Å². The number of rotatable bonds is 7. The summed E-state index contributed by atoms with van der Waals surface area (Å²) in [6.45, 7) is 4.98. The lowest BCUT2D eigenvalue weighted by atomic mass is 9.90. The minimum atomic E-state index is -0.782. The Kier molecular flexibility index (Phi) is 7.32. The third-order valence-electron chi connectivity index (χ3n) is 3.42. The molecular weight excluding hydrogens is 262 g/mol. The number of ether oxygens (including phenoxy) is 1. The lowest BCUT2D eigenvalue weighted by molar-refractivity contribution is -0.137. The van der Waals surface area contributed by atoms with Gasteiger partial charge in [-0.15, -0.1) is 0 Å². The van der Waals surface area contributed by atoms with Crippen LogP contribution in [-0.4, -0.2) is 60.9 Å². The van der Waals surface area contributed by atoms with Gasteiger partial charge in [0, 0.05) is 38.6 Å². The number of carboxylic acids is 1. The van der Waals surface area contributed by atoms with E-state index in [0.29, 0.717) is 19.6 Å². The minimum absolute atomic E-state index is 0.00635. The number of nitrogens with zero attached hydrogens (tertiary/aromatic N) is 1. The molecule has 20 heavy (non-hydrogen) atoms. The molecule has 1 fully saturated rings. The summed E-state index contributed by atoms with van der Waals surface area (Å²) in [5, 5.41) is 11.6. The minimum Gasteiger partial charge on any atom is -0.481 e. The van der Waals surface area contributed by atoms with Gasteiger partial charge in [0.15, 0.2) is 0 Å². The summed E-state index contributed by atoms with van der Waals surface area (Å²) in [5.74, 6) is -0.519. The highest BCUT2D eigenvalue weighted by atomic mass is 16.5. The maximum Gasteiger partial charge on any atom is 0.407 e. The van der Waals surface area contributed by atoms with E-state index < -0.39 is 12.1 Å². The van der Waals surface area contributed by atoms with Crippen molar-refractivity contribution in [1.82, 2.24) is 10.2 Å². The molecule has 7 heteroatoms. The number of nitrogens with two attached hydrogens (primary N) is 1. The van der Waals surface area contributed by atoms with Crippen molar-refractivity contribution in [2.75, 3.05) is 32.8 Å². The van der Waals surface area contributed by atoms with Gasteiger partial charge in [0.25, 0.3) is 0 Å². The van der Waals surface area contributed by atoms with Crippen LogP contribution in [0.1, 0.15) is 26.2 Å². The number of likely N-dealkylation sites (tertiary alicyclic amines) is 1. The van der Waals surface area contributed by atoms with E-state index in [0.717, 1.165) is 26.1 Å². The van der Waals surface area contributed by atoms with Crippen LogP contribution in [-0.2, 0) is 9.53 Å². The fourth-order valence-electron chi connectivity index (χ4n) is 2.65. The van der Waals surface area contributed by atoms with Gasteiger partial charge in [-0.2, -0.15) is 0 Å². The molecule has 0 radical (unpaired) electrons. The number of carbonyl (C=O) groups excluding carboxylic acids is 1. The van der Waals surface area contributed by atoms with Crippen molar-refractivity contribution < 1.29 is 19.4 Å². The highest BCUT2D eigenvalue weighted by molar-refractivity contribution is 5.67. The molecule has 116 valence electrons. The highest BCUT2D eigenvalue weighted by Gasteiger charge is 2.28. The first-order valence-electron chi connectivity index (χ1n) is 7.12. The molecule has 0 bridgehead atoms. The molecule has 0 aromatic carbocycles. The van der Waals surface area contributed by atoms with Gasteiger partial charge in [0.2, 0.25) is 0 Å². The number of carboxylic acid groups (broad SMARTS) is 1. The fraction of sp³-hybridized carbons (Fsp3) is 0.846. The van der Waals surface area contributed by atoms with Gasteiger partial charge in [-0.25, -0.2) is 4.79 Å². The molecule has 0 spiro atoms. The van der Waals surface area contributed by atoms with Gasteiger partial charge in [-0.05, 0) is 25.7 Å². The number of aliphatic carboxylic acids is 1. The second-order valence-corrected chi connectivity index (χ2v) is 5.14. The van der Waals surface area contributed by atoms with E-state index in [-0.39, 0.29) is 18.4 Å². The zero-order valence-electron chi connectivity index (χ0n) is 12.0. The van der Waals surface area contributed by atoms with Gasteiger partial charge in [-0.1, -0.05) is 0 Å². The van der Waals surface area contributed by atoms with E-state index in [1.165, 1.54) is 0 Å². The first kappa shape index (κ1) is 16.7. The molecule has 1 rings (SSSR count). The zero-order valence-corrected chi connectivity index (χ0v) is 12.0. The number of hydrogen-bond acceptors (Lipinski definition) is 5. The van der Waals surface area contributed by atoms with E-state index >= 15 is 0 Å². The molecule has 0 aliphatic carbocycles. The Hall–Kier alpha value is -1.34. The van der Waals surface area contributed by atoms with Crippen LogP contribution < -0.4 is 11.1 Å². The summed E-state index contributed by atoms with van der Waals surface area (Å²) >= 11 is 0. The molecule has 0 aromatic heterocycles. The molecule has 4 N–H and O–H groups in total. The van der Waals surface area contributed by atoms with Crippen molar-refractivity contribution >= 4 is 12.1 Å². The number of carbonyl (C=O) groups is 2. The Labute approximate surface area is 119 Å². The average Bonchev–Trinajstić information content (AvgIpc) is 2.36. The summed E-state index contributed by atoms with van der Waals surface area (Å²) < 4.78 is 4.89. The Balaban J connectivity index is 2.50. The Morgan fingerprint density at radius 3 is 2.80 bits per heavy atom. The SMILES string of the molecule is CCOC(=O)NC1CC(CCC(=O)O)CN(CCN)C1. The molecule has 1 saturated heterocycles. The highest BCUT2D eigenvalue weighted by Crippen LogP contribution is 2.21. The second-order valence-electron chi connectivity index (χ2n) is 5.14. The predicted molar refractivity (Wildman–Crippen MR) is 74.4 cm³/mol. The molecule has 1 aliphatic rings. The number of amides is 1. The number of piperidine rings is 1. The quantitative estimate of drug-likeness (QED) is 0.620. The monoisotopic (exact) mass is 287 g/mol. The van der Waals surface area contributed by atoms with Crippen LogP contribution >= 0.6 is 0 Å². The molecule has 2 unspecified atom stereocenters. The van der Waals surface area contributed by atoms with E-state index in [1.807, 2.05) is 0 Å². The maximum absolute atomic E-state index is 11.5. The van der Waals surface area contributed by atoms with Crippen LogP contribution in [0.15, 0.2) is 0 Å². The number of alkyl carbamates (subject to hydrolysis) is 1. The Morgan fingerprint density at radius 1 is 1.45 bits per heavy atom. The zero-order chi connectivity index (χ0) is 15.0. The van der Waals surface area contributed by atoms with Gasteiger partial charge < -0.3 is 20.9 Å². The molecule has 7 nitrogen and oxygen atoms in total. The summed E-state index contributed by atoms with van der Waals surface area (Å²) in [4.78, 5) is 24.3. The van der Waals surface area contributed by atoms with Crippen LogP contribution in [0, 0.1) is 5.92 Å². The Bertz CT molecular complexity index is 325. The summed E-state index contributed by atoms with van der Waals surface area (Å²) in [7, 11) is 0.